The molecule has 5 nitrogen and oxygen atoms in total. The number of halogens is 1. The Balaban J connectivity index is 2.61. The summed E-state index contributed by atoms with van der Waals surface area (Å²) in [6, 6.07) is 8.42. The average Bonchev–Trinajstić information content (AvgIpc) is 2.87. The summed E-state index contributed by atoms with van der Waals surface area (Å²) < 4.78 is 15.4. The van der Waals surface area contributed by atoms with Gasteiger partial charge >= 0.3 is 0 Å². The van der Waals surface area contributed by atoms with Gasteiger partial charge in [0.05, 0.1) is 5.69 Å². The van der Waals surface area contributed by atoms with Crippen LogP contribution in [-0.4, -0.2) is 16.1 Å². The topological polar surface area (TPSA) is 77.4 Å². The van der Waals surface area contributed by atoms with Crippen LogP contribution in [0.3, 0.4) is 0 Å². The minimum atomic E-state index is -0.459. The maximum Gasteiger partial charge on any atom is 0.177 e. The molecule has 0 spiro atoms. The lowest BCUT2D eigenvalue weighted by molar-refractivity contribution is 0.610. The van der Waals surface area contributed by atoms with Crippen molar-refractivity contribution in [2.45, 2.75) is 13.5 Å². The van der Waals surface area contributed by atoms with E-state index < -0.39 is 5.82 Å². The van der Waals surface area contributed by atoms with Gasteiger partial charge in [0.25, 0.3) is 0 Å². The number of hydrogen-bond donors (Lipinski definition) is 1. The number of nitrogens with one attached hydrogen (secondary N) is 1. The molecule has 20 heavy (non-hydrogen) atoms. The van der Waals surface area contributed by atoms with Crippen molar-refractivity contribution < 1.29 is 4.39 Å². The Hall–Kier alpha value is -2.70. The van der Waals surface area contributed by atoms with E-state index in [9.17, 15) is 4.39 Å². The third-order valence-electron chi connectivity index (χ3n) is 2.86. The Morgan fingerprint density at radius 1 is 1.35 bits per heavy atom. The summed E-state index contributed by atoms with van der Waals surface area (Å²) in [5.74, 6) is -0.459. The standard InChI is InChI=1S/C14H12FN5/c1-2-18-8-10-4-3-5-11(15)14(10)20-9-19-12(6-16)13(20)7-17/h3-5,9,18H,2,8H2,1H3. The van der Waals surface area contributed by atoms with Gasteiger partial charge in [0.15, 0.2) is 11.4 Å². The van der Waals surface area contributed by atoms with E-state index in [2.05, 4.69) is 10.3 Å². The van der Waals surface area contributed by atoms with E-state index in [0.717, 1.165) is 6.54 Å². The van der Waals surface area contributed by atoms with Gasteiger partial charge in [0.1, 0.15) is 24.3 Å². The smallest absolute Gasteiger partial charge is 0.177 e. The molecule has 0 unspecified atom stereocenters. The van der Waals surface area contributed by atoms with Crippen molar-refractivity contribution in [3.8, 4) is 17.8 Å². The molecule has 0 aliphatic rings. The third-order valence-corrected chi connectivity index (χ3v) is 2.86. The van der Waals surface area contributed by atoms with Crippen molar-refractivity contribution in [1.82, 2.24) is 14.9 Å². The fourth-order valence-electron chi connectivity index (χ4n) is 1.94. The fraction of sp³-hybridized carbons (Fsp3) is 0.214. The maximum atomic E-state index is 14.1. The minimum Gasteiger partial charge on any atom is -0.313 e. The lowest BCUT2D eigenvalue weighted by Gasteiger charge is -2.12. The van der Waals surface area contributed by atoms with E-state index in [0.29, 0.717) is 12.1 Å². The predicted molar refractivity (Wildman–Crippen MR) is 70.3 cm³/mol. The largest absolute Gasteiger partial charge is 0.313 e. The Labute approximate surface area is 115 Å². The molecule has 0 saturated heterocycles. The summed E-state index contributed by atoms with van der Waals surface area (Å²) in [6.45, 7) is 3.16. The lowest BCUT2D eigenvalue weighted by Crippen LogP contribution is -2.15. The van der Waals surface area contributed by atoms with Crippen LogP contribution in [0, 0.1) is 28.5 Å². The molecule has 1 aromatic heterocycles. The first-order valence-electron chi connectivity index (χ1n) is 6.09. The predicted octanol–water partition coefficient (Wildman–Crippen LogP) is 1.86. The van der Waals surface area contributed by atoms with Gasteiger partial charge in [-0.2, -0.15) is 10.5 Å². The van der Waals surface area contributed by atoms with E-state index in [1.807, 2.05) is 19.1 Å². The molecule has 0 aliphatic heterocycles. The first kappa shape index (κ1) is 13.7. The van der Waals surface area contributed by atoms with Crippen LogP contribution in [0.15, 0.2) is 24.5 Å². The zero-order valence-corrected chi connectivity index (χ0v) is 10.9. The van der Waals surface area contributed by atoms with Crippen molar-refractivity contribution in [3.63, 3.8) is 0 Å². The van der Waals surface area contributed by atoms with E-state index in [1.54, 1.807) is 12.1 Å². The zero-order valence-electron chi connectivity index (χ0n) is 10.9. The third kappa shape index (κ3) is 2.37. The highest BCUT2D eigenvalue weighted by Gasteiger charge is 2.17. The molecular formula is C14H12FN5. The molecular weight excluding hydrogens is 257 g/mol. The van der Waals surface area contributed by atoms with Gasteiger partial charge in [-0.05, 0) is 18.2 Å². The maximum absolute atomic E-state index is 14.1. The van der Waals surface area contributed by atoms with Crippen LogP contribution in [0.1, 0.15) is 23.9 Å². The first-order valence-corrected chi connectivity index (χ1v) is 6.09. The van der Waals surface area contributed by atoms with Gasteiger partial charge in [-0.3, -0.25) is 4.57 Å². The minimum absolute atomic E-state index is 0.00912. The Bertz CT molecular complexity index is 705. The second-order valence-electron chi connectivity index (χ2n) is 4.06. The van der Waals surface area contributed by atoms with Crippen molar-refractivity contribution in [2.24, 2.45) is 0 Å². The van der Waals surface area contributed by atoms with Crippen LogP contribution in [0.2, 0.25) is 0 Å². The van der Waals surface area contributed by atoms with Crippen LogP contribution in [-0.2, 0) is 6.54 Å². The molecule has 0 amide bonds. The van der Waals surface area contributed by atoms with Gasteiger partial charge in [-0.15, -0.1) is 0 Å². The molecule has 6 heteroatoms. The second kappa shape index (κ2) is 5.96. The molecule has 1 N–H and O–H groups in total. The van der Waals surface area contributed by atoms with Gasteiger partial charge < -0.3 is 5.32 Å². The second-order valence-corrected chi connectivity index (χ2v) is 4.06. The van der Waals surface area contributed by atoms with Crippen molar-refractivity contribution in [1.29, 1.82) is 10.5 Å². The first-order chi connectivity index (χ1) is 9.72. The average molecular weight is 269 g/mol. The van der Waals surface area contributed by atoms with Crippen LogP contribution < -0.4 is 5.32 Å². The number of benzene rings is 1. The van der Waals surface area contributed by atoms with Gasteiger partial charge in [-0.1, -0.05) is 19.1 Å². The Kier molecular flexibility index (Phi) is 4.09. The summed E-state index contributed by atoms with van der Waals surface area (Å²) in [5.41, 5.74) is 0.977. The number of nitriles is 2. The summed E-state index contributed by atoms with van der Waals surface area (Å²) in [5, 5.41) is 21.2. The monoisotopic (exact) mass is 269 g/mol. The Morgan fingerprint density at radius 3 is 2.80 bits per heavy atom. The summed E-state index contributed by atoms with van der Waals surface area (Å²) in [7, 11) is 0. The number of nitrogens with zero attached hydrogens (tertiary/aromatic N) is 4. The van der Waals surface area contributed by atoms with E-state index in [4.69, 9.17) is 10.5 Å². The Morgan fingerprint density at radius 2 is 2.15 bits per heavy atom. The summed E-state index contributed by atoms with van der Waals surface area (Å²) >= 11 is 0. The van der Waals surface area contributed by atoms with Gasteiger partial charge in [0.2, 0.25) is 0 Å². The van der Waals surface area contributed by atoms with Gasteiger partial charge in [-0.25, -0.2) is 9.37 Å². The van der Waals surface area contributed by atoms with Crippen LogP contribution in [0.4, 0.5) is 4.39 Å². The molecule has 2 aromatic rings. The quantitative estimate of drug-likeness (QED) is 0.919. The van der Waals surface area contributed by atoms with Crippen molar-refractivity contribution >= 4 is 0 Å². The SMILES string of the molecule is CCNCc1cccc(F)c1-n1cnc(C#N)c1C#N. The summed E-state index contributed by atoms with van der Waals surface area (Å²) in [4.78, 5) is 3.84. The fourth-order valence-corrected chi connectivity index (χ4v) is 1.94. The lowest BCUT2D eigenvalue weighted by atomic mass is 10.1. The molecule has 0 radical (unpaired) electrons. The number of rotatable bonds is 4. The highest BCUT2D eigenvalue weighted by molar-refractivity contribution is 5.49. The molecule has 1 heterocycles. The molecule has 0 fully saturated rings. The summed E-state index contributed by atoms with van der Waals surface area (Å²) in [6.07, 6.45) is 1.30. The zero-order chi connectivity index (χ0) is 14.5. The number of imidazole rings is 1. The van der Waals surface area contributed by atoms with Crippen molar-refractivity contribution in [2.75, 3.05) is 6.54 Å². The highest BCUT2D eigenvalue weighted by atomic mass is 19.1. The number of aromatic nitrogens is 2. The van der Waals surface area contributed by atoms with E-state index in [1.165, 1.54) is 17.0 Å². The van der Waals surface area contributed by atoms with Crippen molar-refractivity contribution in [3.05, 3.63) is 47.3 Å². The molecule has 1 aromatic carbocycles. The molecule has 0 atom stereocenters. The molecule has 2 rings (SSSR count). The molecule has 0 bridgehead atoms. The van der Waals surface area contributed by atoms with Crippen LogP contribution >= 0.6 is 0 Å². The molecule has 0 saturated carbocycles. The molecule has 0 aliphatic carbocycles. The molecule has 100 valence electrons. The van der Waals surface area contributed by atoms with E-state index >= 15 is 0 Å². The van der Waals surface area contributed by atoms with E-state index in [-0.39, 0.29) is 17.1 Å². The number of hydrogen-bond acceptors (Lipinski definition) is 4. The normalized spacial score (nSPS) is 10.0. The number of para-hydroxylation sites is 1. The highest BCUT2D eigenvalue weighted by Crippen LogP contribution is 2.21. The van der Waals surface area contributed by atoms with Crippen LogP contribution in [0.25, 0.3) is 5.69 Å². The van der Waals surface area contributed by atoms with Gasteiger partial charge in [0, 0.05) is 6.54 Å². The van der Waals surface area contributed by atoms with Crippen LogP contribution in [0.5, 0.6) is 0 Å².